The van der Waals surface area contributed by atoms with Gasteiger partial charge in [0.15, 0.2) is 0 Å². The fourth-order valence-electron chi connectivity index (χ4n) is 1.07. The fraction of sp³-hybridized carbons (Fsp3) is 0.400. The first kappa shape index (κ1) is 10.7. The second-order valence-electron chi connectivity index (χ2n) is 3.04. The summed E-state index contributed by atoms with van der Waals surface area (Å²) in [6.45, 7) is 3.81. The summed E-state index contributed by atoms with van der Waals surface area (Å²) in [5.74, 6) is -0.193. The molecule has 0 spiro atoms. The molecule has 0 aliphatic heterocycles. The van der Waals surface area contributed by atoms with Crippen LogP contribution in [0.1, 0.15) is 12.5 Å². The zero-order valence-corrected chi connectivity index (χ0v) is 9.44. The average Bonchev–Trinajstić information content (AvgIpc) is 2.13. The van der Waals surface area contributed by atoms with Gasteiger partial charge in [0.05, 0.1) is 4.47 Å². The van der Waals surface area contributed by atoms with Crippen molar-refractivity contribution in [3.8, 4) is 0 Å². The van der Waals surface area contributed by atoms with E-state index in [2.05, 4.69) is 27.8 Å². The zero-order valence-electron chi connectivity index (χ0n) is 7.85. The first-order chi connectivity index (χ1) is 6.15. The minimum atomic E-state index is -0.193. The molecule has 13 heavy (non-hydrogen) atoms. The van der Waals surface area contributed by atoms with Gasteiger partial charge in [0.2, 0.25) is 0 Å². The largest absolute Gasteiger partial charge is 0.302 e. The highest BCUT2D eigenvalue weighted by Crippen LogP contribution is 2.21. The van der Waals surface area contributed by atoms with Crippen molar-refractivity contribution in [1.29, 1.82) is 0 Å². The predicted molar refractivity (Wildman–Crippen MR) is 56.1 cm³/mol. The van der Waals surface area contributed by atoms with Gasteiger partial charge in [-0.25, -0.2) is 4.39 Å². The number of rotatable bonds is 3. The molecule has 0 unspecified atom stereocenters. The molecule has 0 aromatic heterocycles. The van der Waals surface area contributed by atoms with Crippen LogP contribution in [0.5, 0.6) is 0 Å². The Morgan fingerprint density at radius 3 is 2.77 bits per heavy atom. The summed E-state index contributed by atoms with van der Waals surface area (Å²) in [7, 11) is 2.01. The summed E-state index contributed by atoms with van der Waals surface area (Å²) in [5.41, 5.74) is 0.990. The monoisotopic (exact) mass is 245 g/mol. The molecule has 0 fully saturated rings. The van der Waals surface area contributed by atoms with E-state index in [4.69, 9.17) is 0 Å². The Labute approximate surface area is 86.7 Å². The molecular weight excluding hydrogens is 233 g/mol. The van der Waals surface area contributed by atoms with Crippen LogP contribution in [-0.2, 0) is 6.54 Å². The minimum Gasteiger partial charge on any atom is -0.302 e. The van der Waals surface area contributed by atoms with Crippen LogP contribution in [0.25, 0.3) is 0 Å². The van der Waals surface area contributed by atoms with E-state index in [1.54, 1.807) is 6.07 Å². The summed E-state index contributed by atoms with van der Waals surface area (Å²) in [5, 5.41) is 0. The molecule has 0 N–H and O–H groups in total. The Balaban J connectivity index is 2.83. The van der Waals surface area contributed by atoms with Crippen molar-refractivity contribution in [2.45, 2.75) is 13.5 Å². The summed E-state index contributed by atoms with van der Waals surface area (Å²) in [4.78, 5) is 2.12. The topological polar surface area (TPSA) is 3.24 Å². The lowest BCUT2D eigenvalue weighted by Crippen LogP contribution is -2.17. The number of halogens is 2. The molecule has 0 bridgehead atoms. The molecule has 1 rings (SSSR count). The summed E-state index contributed by atoms with van der Waals surface area (Å²) < 4.78 is 13.6. The van der Waals surface area contributed by atoms with Crippen molar-refractivity contribution in [2.75, 3.05) is 13.6 Å². The molecule has 0 aliphatic carbocycles. The zero-order chi connectivity index (χ0) is 9.84. The van der Waals surface area contributed by atoms with E-state index in [-0.39, 0.29) is 5.82 Å². The Hall–Kier alpha value is -0.410. The smallest absolute Gasteiger partial charge is 0.137 e. The van der Waals surface area contributed by atoms with Crippen LogP contribution < -0.4 is 0 Å². The molecule has 1 nitrogen and oxygen atoms in total. The molecule has 0 saturated heterocycles. The highest BCUT2D eigenvalue weighted by Gasteiger charge is 2.06. The number of hydrogen-bond donors (Lipinski definition) is 0. The third-order valence-corrected chi connectivity index (χ3v) is 2.90. The van der Waals surface area contributed by atoms with E-state index in [9.17, 15) is 4.39 Å². The Morgan fingerprint density at radius 2 is 2.15 bits per heavy atom. The summed E-state index contributed by atoms with van der Waals surface area (Å²) in [6, 6.07) is 5.12. The van der Waals surface area contributed by atoms with Gasteiger partial charge in [-0.05, 0) is 41.2 Å². The van der Waals surface area contributed by atoms with Crippen LogP contribution in [0.4, 0.5) is 4.39 Å². The van der Waals surface area contributed by atoms with Gasteiger partial charge in [-0.15, -0.1) is 0 Å². The molecule has 0 aliphatic rings. The molecule has 0 radical (unpaired) electrons. The summed E-state index contributed by atoms with van der Waals surface area (Å²) in [6.07, 6.45) is 0. The maximum absolute atomic E-state index is 13.1. The van der Waals surface area contributed by atoms with Gasteiger partial charge in [-0.2, -0.15) is 0 Å². The van der Waals surface area contributed by atoms with Crippen molar-refractivity contribution in [1.82, 2.24) is 4.90 Å². The Morgan fingerprint density at radius 1 is 1.46 bits per heavy atom. The van der Waals surface area contributed by atoms with E-state index in [1.165, 1.54) is 6.07 Å². The summed E-state index contributed by atoms with van der Waals surface area (Å²) >= 11 is 3.24. The second-order valence-corrected chi connectivity index (χ2v) is 3.84. The minimum absolute atomic E-state index is 0.193. The predicted octanol–water partition coefficient (Wildman–Crippen LogP) is 3.04. The molecule has 1 aromatic carbocycles. The van der Waals surface area contributed by atoms with Gasteiger partial charge in [0.1, 0.15) is 5.82 Å². The van der Waals surface area contributed by atoms with E-state index in [1.807, 2.05) is 13.1 Å². The van der Waals surface area contributed by atoms with Gasteiger partial charge in [0.25, 0.3) is 0 Å². The van der Waals surface area contributed by atoms with E-state index in [0.29, 0.717) is 4.47 Å². The third-order valence-electron chi connectivity index (χ3n) is 2.01. The SMILES string of the molecule is CCN(C)Cc1cccc(F)c1Br. The normalized spacial score (nSPS) is 10.8. The van der Waals surface area contributed by atoms with Crippen molar-refractivity contribution < 1.29 is 4.39 Å². The van der Waals surface area contributed by atoms with Crippen LogP contribution in [0, 0.1) is 5.82 Å². The number of hydrogen-bond acceptors (Lipinski definition) is 1. The molecular formula is C10H13BrFN. The Kier molecular flexibility index (Phi) is 3.88. The van der Waals surface area contributed by atoms with Gasteiger partial charge >= 0.3 is 0 Å². The van der Waals surface area contributed by atoms with Crippen LogP contribution in [-0.4, -0.2) is 18.5 Å². The standard InChI is InChI=1S/C10H13BrFN/c1-3-13(2)7-8-5-4-6-9(12)10(8)11/h4-6H,3,7H2,1-2H3. The molecule has 0 atom stereocenters. The lowest BCUT2D eigenvalue weighted by molar-refractivity contribution is 0.344. The van der Waals surface area contributed by atoms with Crippen molar-refractivity contribution >= 4 is 15.9 Å². The number of benzene rings is 1. The average molecular weight is 246 g/mol. The van der Waals surface area contributed by atoms with Gasteiger partial charge < -0.3 is 4.90 Å². The van der Waals surface area contributed by atoms with Crippen LogP contribution in [0.3, 0.4) is 0 Å². The molecule has 0 saturated carbocycles. The molecule has 1 aromatic rings. The highest BCUT2D eigenvalue weighted by molar-refractivity contribution is 9.10. The highest BCUT2D eigenvalue weighted by atomic mass is 79.9. The van der Waals surface area contributed by atoms with Crippen molar-refractivity contribution in [3.05, 3.63) is 34.1 Å². The van der Waals surface area contributed by atoms with Gasteiger partial charge in [0, 0.05) is 6.54 Å². The molecule has 3 heteroatoms. The van der Waals surface area contributed by atoms with Gasteiger partial charge in [-0.3, -0.25) is 0 Å². The Bertz CT molecular complexity index is 288. The number of nitrogens with zero attached hydrogens (tertiary/aromatic N) is 1. The first-order valence-electron chi connectivity index (χ1n) is 4.26. The third kappa shape index (κ3) is 2.78. The lowest BCUT2D eigenvalue weighted by Gasteiger charge is -2.14. The second kappa shape index (κ2) is 4.72. The molecule has 0 heterocycles. The van der Waals surface area contributed by atoms with Crippen LogP contribution >= 0.6 is 15.9 Å². The van der Waals surface area contributed by atoms with Crippen molar-refractivity contribution in [3.63, 3.8) is 0 Å². The van der Waals surface area contributed by atoms with Gasteiger partial charge in [-0.1, -0.05) is 19.1 Å². The maximum atomic E-state index is 13.1. The van der Waals surface area contributed by atoms with Crippen LogP contribution in [0.15, 0.2) is 22.7 Å². The molecule has 0 amide bonds. The van der Waals surface area contributed by atoms with E-state index < -0.39 is 0 Å². The van der Waals surface area contributed by atoms with E-state index in [0.717, 1.165) is 18.7 Å². The van der Waals surface area contributed by atoms with Crippen LogP contribution in [0.2, 0.25) is 0 Å². The lowest BCUT2D eigenvalue weighted by atomic mass is 10.2. The van der Waals surface area contributed by atoms with Crippen molar-refractivity contribution in [2.24, 2.45) is 0 Å². The fourth-order valence-corrected chi connectivity index (χ4v) is 1.46. The molecule has 72 valence electrons. The quantitative estimate of drug-likeness (QED) is 0.792. The maximum Gasteiger partial charge on any atom is 0.137 e. The van der Waals surface area contributed by atoms with E-state index >= 15 is 0 Å². The first-order valence-corrected chi connectivity index (χ1v) is 5.06.